The minimum absolute atomic E-state index is 0.107. The molecule has 0 aliphatic heterocycles. The minimum atomic E-state index is -3.66. The summed E-state index contributed by atoms with van der Waals surface area (Å²) in [4.78, 5) is 11.0. The summed E-state index contributed by atoms with van der Waals surface area (Å²) >= 11 is 0. The standard InChI is InChI=1S/C11H15N5O2S/c1-8(10-14-6-7-15-10)16-19(17,18)9-4-3-5-13-11(9)12-2/h3-8,16H,1-2H3,(H,12,13)(H,14,15). The molecule has 0 fully saturated rings. The van der Waals surface area contributed by atoms with Crippen LogP contribution in [0.15, 0.2) is 35.6 Å². The number of hydrogen-bond donors (Lipinski definition) is 3. The fourth-order valence-electron chi connectivity index (χ4n) is 1.66. The lowest BCUT2D eigenvalue weighted by atomic mass is 10.3. The van der Waals surface area contributed by atoms with Crippen LogP contribution in [-0.4, -0.2) is 30.4 Å². The van der Waals surface area contributed by atoms with E-state index in [4.69, 9.17) is 0 Å². The number of aromatic amines is 1. The molecule has 0 radical (unpaired) electrons. The van der Waals surface area contributed by atoms with Crippen molar-refractivity contribution >= 4 is 15.8 Å². The highest BCUT2D eigenvalue weighted by atomic mass is 32.2. The molecule has 0 saturated carbocycles. The van der Waals surface area contributed by atoms with Crippen LogP contribution in [0.1, 0.15) is 18.8 Å². The Kier molecular flexibility index (Phi) is 3.82. The molecular weight excluding hydrogens is 266 g/mol. The fraction of sp³-hybridized carbons (Fsp3) is 0.273. The number of nitrogens with one attached hydrogen (secondary N) is 3. The van der Waals surface area contributed by atoms with Crippen LogP contribution in [-0.2, 0) is 10.0 Å². The summed E-state index contributed by atoms with van der Waals surface area (Å²) in [7, 11) is -2.04. The van der Waals surface area contributed by atoms with Gasteiger partial charge in [0, 0.05) is 25.6 Å². The molecule has 0 saturated heterocycles. The third-order valence-electron chi connectivity index (χ3n) is 2.56. The average Bonchev–Trinajstić information content (AvgIpc) is 2.92. The van der Waals surface area contributed by atoms with Crippen molar-refractivity contribution in [3.05, 3.63) is 36.5 Å². The Morgan fingerprint density at radius 3 is 2.74 bits per heavy atom. The first kappa shape index (κ1) is 13.5. The molecule has 2 rings (SSSR count). The van der Waals surface area contributed by atoms with Crippen molar-refractivity contribution in [1.82, 2.24) is 19.7 Å². The smallest absolute Gasteiger partial charge is 0.244 e. The number of H-pyrrole nitrogens is 1. The van der Waals surface area contributed by atoms with Gasteiger partial charge in [-0.15, -0.1) is 0 Å². The van der Waals surface area contributed by atoms with Gasteiger partial charge >= 0.3 is 0 Å². The van der Waals surface area contributed by atoms with Gasteiger partial charge in [-0.3, -0.25) is 0 Å². The zero-order valence-electron chi connectivity index (χ0n) is 10.6. The van der Waals surface area contributed by atoms with Crippen LogP contribution in [0.25, 0.3) is 0 Å². The first-order valence-electron chi connectivity index (χ1n) is 5.69. The molecule has 3 N–H and O–H groups in total. The van der Waals surface area contributed by atoms with E-state index in [9.17, 15) is 8.42 Å². The Bertz CT molecular complexity index is 639. The number of pyridine rings is 1. The average molecular weight is 281 g/mol. The monoisotopic (exact) mass is 281 g/mol. The highest BCUT2D eigenvalue weighted by Gasteiger charge is 2.22. The predicted molar refractivity (Wildman–Crippen MR) is 71.1 cm³/mol. The number of hydrogen-bond acceptors (Lipinski definition) is 5. The lowest BCUT2D eigenvalue weighted by molar-refractivity contribution is 0.561. The maximum absolute atomic E-state index is 12.3. The van der Waals surface area contributed by atoms with Crippen LogP contribution >= 0.6 is 0 Å². The van der Waals surface area contributed by atoms with Crippen molar-refractivity contribution in [1.29, 1.82) is 0 Å². The van der Waals surface area contributed by atoms with Crippen LogP contribution in [0.2, 0.25) is 0 Å². The second kappa shape index (κ2) is 5.37. The van der Waals surface area contributed by atoms with E-state index in [1.807, 2.05) is 0 Å². The maximum atomic E-state index is 12.3. The topological polar surface area (TPSA) is 99.8 Å². The largest absolute Gasteiger partial charge is 0.372 e. The quantitative estimate of drug-likeness (QED) is 0.755. The summed E-state index contributed by atoms with van der Waals surface area (Å²) in [6.45, 7) is 1.71. The molecule has 7 nitrogen and oxygen atoms in total. The molecule has 2 aromatic heterocycles. The molecule has 19 heavy (non-hydrogen) atoms. The molecule has 0 aliphatic rings. The van der Waals surface area contributed by atoms with Crippen molar-refractivity contribution in [2.45, 2.75) is 17.9 Å². The number of aromatic nitrogens is 3. The van der Waals surface area contributed by atoms with Crippen LogP contribution < -0.4 is 10.0 Å². The Morgan fingerprint density at radius 2 is 2.11 bits per heavy atom. The predicted octanol–water partition coefficient (Wildman–Crippen LogP) is 0.886. The highest BCUT2D eigenvalue weighted by molar-refractivity contribution is 7.89. The third-order valence-corrected chi connectivity index (χ3v) is 4.13. The zero-order chi connectivity index (χ0) is 13.9. The van der Waals surface area contributed by atoms with Gasteiger partial charge in [-0.05, 0) is 19.1 Å². The number of sulfonamides is 1. The van der Waals surface area contributed by atoms with Gasteiger partial charge in [-0.25, -0.2) is 23.1 Å². The van der Waals surface area contributed by atoms with Crippen molar-refractivity contribution in [2.75, 3.05) is 12.4 Å². The molecule has 8 heteroatoms. The van der Waals surface area contributed by atoms with Gasteiger partial charge in [0.15, 0.2) is 0 Å². The second-order valence-corrected chi connectivity index (χ2v) is 5.60. The van der Waals surface area contributed by atoms with Gasteiger partial charge in [-0.2, -0.15) is 0 Å². The van der Waals surface area contributed by atoms with E-state index in [1.165, 1.54) is 12.3 Å². The van der Waals surface area contributed by atoms with E-state index in [0.717, 1.165) is 0 Å². The Hall–Kier alpha value is -1.93. The van der Waals surface area contributed by atoms with Crippen LogP contribution in [0, 0.1) is 0 Å². The van der Waals surface area contributed by atoms with Crippen molar-refractivity contribution in [3.63, 3.8) is 0 Å². The van der Waals surface area contributed by atoms with Gasteiger partial charge in [0.1, 0.15) is 16.5 Å². The molecular formula is C11H15N5O2S. The van der Waals surface area contributed by atoms with E-state index in [2.05, 4.69) is 25.0 Å². The molecule has 102 valence electrons. The summed E-state index contributed by atoms with van der Waals surface area (Å²) in [5.74, 6) is 0.861. The molecule has 0 spiro atoms. The Morgan fingerprint density at radius 1 is 1.32 bits per heavy atom. The third kappa shape index (κ3) is 2.91. The maximum Gasteiger partial charge on any atom is 0.244 e. The number of anilines is 1. The summed E-state index contributed by atoms with van der Waals surface area (Å²) in [5, 5.41) is 2.76. The fourth-order valence-corrected chi connectivity index (χ4v) is 3.03. The molecule has 1 atom stereocenters. The minimum Gasteiger partial charge on any atom is -0.372 e. The SMILES string of the molecule is CNc1ncccc1S(=O)(=O)NC(C)c1ncc[nH]1. The first-order chi connectivity index (χ1) is 9.04. The lowest BCUT2D eigenvalue weighted by Gasteiger charge is -2.14. The van der Waals surface area contributed by atoms with Crippen molar-refractivity contribution in [2.24, 2.45) is 0 Å². The highest BCUT2D eigenvalue weighted by Crippen LogP contribution is 2.19. The molecule has 0 bridgehead atoms. The number of imidazole rings is 1. The van der Waals surface area contributed by atoms with E-state index in [1.54, 1.807) is 32.4 Å². The number of rotatable bonds is 5. The number of nitrogens with zero attached hydrogens (tertiary/aromatic N) is 2. The summed E-state index contributed by atoms with van der Waals surface area (Å²) in [5.41, 5.74) is 0. The van der Waals surface area contributed by atoms with E-state index < -0.39 is 16.1 Å². The normalized spacial score (nSPS) is 13.2. The van der Waals surface area contributed by atoms with Crippen molar-refractivity contribution < 1.29 is 8.42 Å². The van der Waals surface area contributed by atoms with E-state index in [0.29, 0.717) is 11.6 Å². The van der Waals surface area contributed by atoms with Crippen LogP contribution in [0.5, 0.6) is 0 Å². The second-order valence-electron chi connectivity index (χ2n) is 3.92. The van der Waals surface area contributed by atoms with Gasteiger partial charge < -0.3 is 10.3 Å². The Balaban J connectivity index is 2.28. The zero-order valence-corrected chi connectivity index (χ0v) is 11.4. The summed E-state index contributed by atoms with van der Waals surface area (Å²) < 4.78 is 27.1. The summed E-state index contributed by atoms with van der Waals surface area (Å²) in [6.07, 6.45) is 4.74. The molecule has 0 amide bonds. The van der Waals surface area contributed by atoms with Gasteiger partial charge in [0.25, 0.3) is 0 Å². The van der Waals surface area contributed by atoms with Gasteiger partial charge in [-0.1, -0.05) is 0 Å². The lowest BCUT2D eigenvalue weighted by Crippen LogP contribution is -2.28. The van der Waals surface area contributed by atoms with Gasteiger partial charge in [0.05, 0.1) is 6.04 Å². The van der Waals surface area contributed by atoms with E-state index >= 15 is 0 Å². The van der Waals surface area contributed by atoms with Gasteiger partial charge in [0.2, 0.25) is 10.0 Å². The molecule has 2 heterocycles. The molecule has 0 aliphatic carbocycles. The molecule has 0 aromatic carbocycles. The van der Waals surface area contributed by atoms with Crippen molar-refractivity contribution in [3.8, 4) is 0 Å². The summed E-state index contributed by atoms with van der Waals surface area (Å²) in [6, 6.07) is 2.62. The van der Waals surface area contributed by atoms with Crippen LogP contribution in [0.4, 0.5) is 5.82 Å². The Labute approximate surface area is 111 Å². The van der Waals surface area contributed by atoms with E-state index in [-0.39, 0.29) is 4.90 Å². The first-order valence-corrected chi connectivity index (χ1v) is 7.17. The molecule has 1 unspecified atom stereocenters. The van der Waals surface area contributed by atoms with Crippen LogP contribution in [0.3, 0.4) is 0 Å². The molecule has 2 aromatic rings.